The Kier molecular flexibility index (Phi) is 5.74. The van der Waals surface area contributed by atoms with E-state index in [1.807, 2.05) is 73.0 Å². The number of benzene rings is 2. The van der Waals surface area contributed by atoms with Gasteiger partial charge in [-0.05, 0) is 44.0 Å². The Morgan fingerprint density at radius 3 is 2.53 bits per heavy atom. The van der Waals surface area contributed by atoms with Gasteiger partial charge in [-0.3, -0.25) is 14.4 Å². The van der Waals surface area contributed by atoms with Crippen molar-refractivity contribution < 1.29 is 14.4 Å². The Balaban J connectivity index is 1.48. The third-order valence-electron chi connectivity index (χ3n) is 6.29. The second-order valence-corrected chi connectivity index (χ2v) is 8.38. The van der Waals surface area contributed by atoms with Crippen LogP contribution in [0.4, 0.5) is 0 Å². The van der Waals surface area contributed by atoms with Gasteiger partial charge in [-0.1, -0.05) is 42.5 Å². The molecule has 2 N–H and O–H groups in total. The number of para-hydroxylation sites is 1. The standard InChI is InChI=1S/C25H28N4O3/c1-4-29-23(31)21-13-18-10-7-8-12-20(18)28(21)16-25(29,3)24(32)27-15-22(30)26-14-19-11-6-5-9-17(19)2/h5-13H,4,14-16H2,1-3H3,(H,26,30)(H,27,32)/t25-/m1/s1. The highest BCUT2D eigenvalue weighted by Crippen LogP contribution is 2.32. The number of fused-ring (bicyclic) bond motifs is 3. The topological polar surface area (TPSA) is 83.4 Å². The predicted octanol–water partition coefficient (Wildman–Crippen LogP) is 2.62. The van der Waals surface area contributed by atoms with Crippen LogP contribution in [0.3, 0.4) is 0 Å². The molecule has 1 atom stereocenters. The fraction of sp³-hybridized carbons (Fsp3) is 0.320. The lowest BCUT2D eigenvalue weighted by molar-refractivity contribution is -0.134. The van der Waals surface area contributed by atoms with Gasteiger partial charge in [0.2, 0.25) is 11.8 Å². The number of hydrogen-bond donors (Lipinski definition) is 2. The van der Waals surface area contributed by atoms with Crippen LogP contribution < -0.4 is 10.6 Å². The van der Waals surface area contributed by atoms with Crippen LogP contribution in [-0.2, 0) is 22.7 Å². The second kappa shape index (κ2) is 8.49. The van der Waals surface area contributed by atoms with Gasteiger partial charge in [-0.15, -0.1) is 0 Å². The predicted molar refractivity (Wildman–Crippen MR) is 123 cm³/mol. The SMILES string of the molecule is CCN1C(=O)c2cc3ccccc3n2C[C@]1(C)C(=O)NCC(=O)NCc1ccccc1C. The zero-order chi connectivity index (χ0) is 22.9. The second-order valence-electron chi connectivity index (χ2n) is 8.38. The van der Waals surface area contributed by atoms with E-state index in [0.717, 1.165) is 22.0 Å². The van der Waals surface area contributed by atoms with E-state index in [4.69, 9.17) is 0 Å². The van der Waals surface area contributed by atoms with Gasteiger partial charge in [0.15, 0.2) is 0 Å². The number of nitrogens with zero attached hydrogens (tertiary/aromatic N) is 2. The van der Waals surface area contributed by atoms with Gasteiger partial charge < -0.3 is 20.1 Å². The number of likely N-dealkylation sites (N-methyl/N-ethyl adjacent to an activating group) is 1. The molecule has 0 saturated carbocycles. The van der Waals surface area contributed by atoms with Gasteiger partial charge in [-0.25, -0.2) is 0 Å². The molecule has 166 valence electrons. The van der Waals surface area contributed by atoms with Gasteiger partial charge in [0.1, 0.15) is 11.2 Å². The lowest BCUT2D eigenvalue weighted by Gasteiger charge is -2.43. The van der Waals surface area contributed by atoms with Crippen molar-refractivity contribution >= 4 is 28.6 Å². The molecule has 1 aliphatic heterocycles. The van der Waals surface area contributed by atoms with Crippen LogP contribution in [0.25, 0.3) is 10.9 Å². The highest BCUT2D eigenvalue weighted by molar-refractivity contribution is 6.04. The van der Waals surface area contributed by atoms with Crippen LogP contribution in [-0.4, -0.2) is 45.8 Å². The molecule has 0 bridgehead atoms. The molecule has 1 aliphatic rings. The van der Waals surface area contributed by atoms with Crippen molar-refractivity contribution in [1.29, 1.82) is 0 Å². The Labute approximate surface area is 187 Å². The number of nitrogens with one attached hydrogen (secondary N) is 2. The van der Waals surface area contributed by atoms with Crippen LogP contribution >= 0.6 is 0 Å². The maximum absolute atomic E-state index is 13.2. The summed E-state index contributed by atoms with van der Waals surface area (Å²) in [6, 6.07) is 17.5. The van der Waals surface area contributed by atoms with Crippen LogP contribution in [0.15, 0.2) is 54.6 Å². The zero-order valence-corrected chi connectivity index (χ0v) is 18.6. The van der Waals surface area contributed by atoms with Gasteiger partial charge >= 0.3 is 0 Å². The first-order valence-corrected chi connectivity index (χ1v) is 10.8. The maximum atomic E-state index is 13.2. The zero-order valence-electron chi connectivity index (χ0n) is 18.6. The van der Waals surface area contributed by atoms with Crippen LogP contribution in [0.5, 0.6) is 0 Å². The number of rotatable bonds is 6. The fourth-order valence-corrected chi connectivity index (χ4v) is 4.42. The molecule has 32 heavy (non-hydrogen) atoms. The summed E-state index contributed by atoms with van der Waals surface area (Å²) >= 11 is 0. The average molecular weight is 433 g/mol. The summed E-state index contributed by atoms with van der Waals surface area (Å²) in [4.78, 5) is 40.4. The molecule has 7 heteroatoms. The summed E-state index contributed by atoms with van der Waals surface area (Å²) in [5, 5.41) is 6.55. The Morgan fingerprint density at radius 2 is 1.78 bits per heavy atom. The molecule has 0 aliphatic carbocycles. The minimum Gasteiger partial charge on any atom is -0.350 e. The molecule has 1 aromatic heterocycles. The van der Waals surface area contributed by atoms with E-state index in [1.54, 1.807) is 11.8 Å². The van der Waals surface area contributed by atoms with Crippen molar-refractivity contribution in [2.24, 2.45) is 0 Å². The van der Waals surface area contributed by atoms with Crippen LogP contribution in [0, 0.1) is 6.92 Å². The maximum Gasteiger partial charge on any atom is 0.271 e. The first-order chi connectivity index (χ1) is 15.3. The van der Waals surface area contributed by atoms with Gasteiger partial charge in [0.25, 0.3) is 5.91 Å². The van der Waals surface area contributed by atoms with Crippen molar-refractivity contribution in [3.05, 3.63) is 71.4 Å². The van der Waals surface area contributed by atoms with Gasteiger partial charge in [-0.2, -0.15) is 0 Å². The molecule has 7 nitrogen and oxygen atoms in total. The van der Waals surface area contributed by atoms with Crippen molar-refractivity contribution in [3.63, 3.8) is 0 Å². The van der Waals surface area contributed by atoms with Gasteiger partial charge in [0.05, 0.1) is 13.1 Å². The molecular weight excluding hydrogens is 404 g/mol. The molecule has 3 aromatic rings. The van der Waals surface area contributed by atoms with E-state index in [2.05, 4.69) is 10.6 Å². The van der Waals surface area contributed by atoms with E-state index < -0.39 is 5.54 Å². The number of aromatic nitrogens is 1. The third kappa shape index (κ3) is 3.75. The summed E-state index contributed by atoms with van der Waals surface area (Å²) in [5.74, 6) is -0.804. The van der Waals surface area contributed by atoms with E-state index in [9.17, 15) is 14.4 Å². The monoisotopic (exact) mass is 432 g/mol. The first kappa shape index (κ1) is 21.6. The van der Waals surface area contributed by atoms with Crippen LogP contribution in [0.1, 0.15) is 35.5 Å². The minimum absolute atomic E-state index is 0.147. The smallest absolute Gasteiger partial charge is 0.271 e. The molecule has 0 spiro atoms. The molecule has 0 saturated heterocycles. The molecular formula is C25H28N4O3. The number of aryl methyl sites for hydroxylation is 1. The number of amides is 3. The largest absolute Gasteiger partial charge is 0.350 e. The number of carbonyl (C=O) groups is 3. The van der Waals surface area contributed by atoms with E-state index >= 15 is 0 Å². The normalized spacial score (nSPS) is 17.8. The highest BCUT2D eigenvalue weighted by atomic mass is 16.2. The molecule has 0 unspecified atom stereocenters. The summed E-state index contributed by atoms with van der Waals surface area (Å²) < 4.78 is 1.90. The van der Waals surface area contributed by atoms with Crippen molar-refractivity contribution in [3.8, 4) is 0 Å². The van der Waals surface area contributed by atoms with Crippen molar-refractivity contribution in [2.45, 2.75) is 39.4 Å². The summed E-state index contributed by atoms with van der Waals surface area (Å²) in [5.41, 5.74) is 2.52. The van der Waals surface area contributed by atoms with Crippen molar-refractivity contribution in [2.75, 3.05) is 13.1 Å². The molecule has 0 radical (unpaired) electrons. The lowest BCUT2D eigenvalue weighted by Crippen LogP contribution is -2.64. The molecule has 3 amide bonds. The minimum atomic E-state index is -1.10. The Bertz CT molecular complexity index is 1200. The number of hydrogen-bond acceptors (Lipinski definition) is 3. The molecule has 2 aromatic carbocycles. The highest BCUT2D eigenvalue weighted by Gasteiger charge is 2.46. The molecule has 2 heterocycles. The quantitative estimate of drug-likeness (QED) is 0.628. The molecule has 4 rings (SSSR count). The van der Waals surface area contributed by atoms with E-state index in [-0.39, 0.29) is 24.3 Å². The van der Waals surface area contributed by atoms with Crippen molar-refractivity contribution in [1.82, 2.24) is 20.1 Å². The summed E-state index contributed by atoms with van der Waals surface area (Å²) in [6.45, 7) is 6.57. The average Bonchev–Trinajstić information content (AvgIpc) is 3.15. The Hall–Kier alpha value is -3.61. The van der Waals surface area contributed by atoms with E-state index in [1.165, 1.54) is 0 Å². The third-order valence-corrected chi connectivity index (χ3v) is 6.29. The van der Waals surface area contributed by atoms with Gasteiger partial charge in [0, 0.05) is 24.0 Å². The molecule has 0 fully saturated rings. The van der Waals surface area contributed by atoms with E-state index in [0.29, 0.717) is 25.3 Å². The first-order valence-electron chi connectivity index (χ1n) is 10.8. The number of carbonyl (C=O) groups excluding carboxylic acids is 3. The van der Waals surface area contributed by atoms with Crippen LogP contribution in [0.2, 0.25) is 0 Å². The fourth-order valence-electron chi connectivity index (χ4n) is 4.42. The summed E-state index contributed by atoms with van der Waals surface area (Å²) in [7, 11) is 0. The summed E-state index contributed by atoms with van der Waals surface area (Å²) in [6.07, 6.45) is 0. The lowest BCUT2D eigenvalue weighted by atomic mass is 9.94. The Morgan fingerprint density at radius 1 is 1.06 bits per heavy atom.